The number of aromatic nitrogens is 1. The van der Waals surface area contributed by atoms with Crippen LogP contribution in [0.25, 0.3) is 0 Å². The Labute approximate surface area is 93.4 Å². The van der Waals surface area contributed by atoms with E-state index < -0.39 is 0 Å². The van der Waals surface area contributed by atoms with Gasteiger partial charge in [-0.3, -0.25) is 4.98 Å². The Morgan fingerprint density at radius 2 is 2.53 bits per heavy atom. The van der Waals surface area contributed by atoms with Gasteiger partial charge in [-0.2, -0.15) is 0 Å². The van der Waals surface area contributed by atoms with E-state index in [0.717, 1.165) is 18.4 Å². The second kappa shape index (κ2) is 4.19. The highest BCUT2D eigenvalue weighted by atomic mass is 35.5. The molecule has 1 aromatic heterocycles. The molecule has 1 aliphatic carbocycles. The number of nitrogens with zero attached hydrogens (tertiary/aromatic N) is 1. The zero-order valence-electron chi connectivity index (χ0n) is 8.44. The van der Waals surface area contributed by atoms with E-state index in [1.54, 1.807) is 19.4 Å². The van der Waals surface area contributed by atoms with Gasteiger partial charge in [-0.05, 0) is 18.4 Å². The van der Waals surface area contributed by atoms with Gasteiger partial charge in [0.2, 0.25) is 0 Å². The molecular formula is C11H12ClNO2. The molecule has 2 unspecified atom stereocenters. The maximum absolute atomic E-state index is 10.4. The molecule has 2 rings (SSSR count). The van der Waals surface area contributed by atoms with Gasteiger partial charge in [-0.15, -0.1) is 0 Å². The molecule has 1 aliphatic rings. The zero-order valence-corrected chi connectivity index (χ0v) is 9.20. The summed E-state index contributed by atoms with van der Waals surface area (Å²) in [6.07, 6.45) is 4.24. The Balaban J connectivity index is 2.22. The highest BCUT2D eigenvalue weighted by Crippen LogP contribution is 2.51. The zero-order chi connectivity index (χ0) is 10.8. The Hall–Kier alpha value is -1.09. The van der Waals surface area contributed by atoms with Crippen molar-refractivity contribution >= 4 is 17.9 Å². The number of halogens is 1. The number of pyridine rings is 1. The van der Waals surface area contributed by atoms with Crippen LogP contribution in [-0.2, 0) is 4.79 Å². The SMILES string of the molecule is COc1c(Cl)ccnc1C1CC1CC=O. The lowest BCUT2D eigenvalue weighted by Crippen LogP contribution is -1.96. The van der Waals surface area contributed by atoms with Crippen LogP contribution in [0.5, 0.6) is 5.75 Å². The number of ether oxygens (including phenoxy) is 1. The van der Waals surface area contributed by atoms with Crippen molar-refractivity contribution in [2.24, 2.45) is 5.92 Å². The molecule has 4 heteroatoms. The first-order valence-corrected chi connectivity index (χ1v) is 5.27. The van der Waals surface area contributed by atoms with Gasteiger partial charge in [-0.1, -0.05) is 11.6 Å². The predicted octanol–water partition coefficient (Wildman–Crippen LogP) is 2.44. The van der Waals surface area contributed by atoms with Crippen LogP contribution < -0.4 is 4.74 Å². The Morgan fingerprint density at radius 1 is 1.73 bits per heavy atom. The minimum Gasteiger partial charge on any atom is -0.493 e. The minimum absolute atomic E-state index is 0.337. The molecule has 0 saturated heterocycles. The van der Waals surface area contributed by atoms with Crippen molar-refractivity contribution < 1.29 is 9.53 Å². The molecule has 0 bridgehead atoms. The molecular weight excluding hydrogens is 214 g/mol. The summed E-state index contributed by atoms with van der Waals surface area (Å²) < 4.78 is 5.22. The molecule has 0 aliphatic heterocycles. The first-order chi connectivity index (χ1) is 7.27. The summed E-state index contributed by atoms with van der Waals surface area (Å²) in [5.74, 6) is 1.41. The van der Waals surface area contributed by atoms with Crippen molar-refractivity contribution in [2.45, 2.75) is 18.8 Å². The number of rotatable bonds is 4. The molecule has 15 heavy (non-hydrogen) atoms. The fourth-order valence-electron chi connectivity index (χ4n) is 1.87. The molecule has 3 nitrogen and oxygen atoms in total. The van der Waals surface area contributed by atoms with Crippen LogP contribution in [0.15, 0.2) is 12.3 Å². The van der Waals surface area contributed by atoms with Gasteiger partial charge >= 0.3 is 0 Å². The Kier molecular flexibility index (Phi) is 2.91. The van der Waals surface area contributed by atoms with E-state index in [-0.39, 0.29) is 0 Å². The van der Waals surface area contributed by atoms with Crippen molar-refractivity contribution in [1.29, 1.82) is 0 Å². The normalized spacial score (nSPS) is 23.6. The molecule has 1 heterocycles. The standard InChI is InChI=1S/C11H12ClNO2/c1-15-11-9(12)2-4-13-10(11)8-6-7(8)3-5-14/h2,4-5,7-8H,3,6H2,1H3. The van der Waals surface area contributed by atoms with Crippen LogP contribution in [0.1, 0.15) is 24.5 Å². The van der Waals surface area contributed by atoms with Crippen LogP contribution in [0.4, 0.5) is 0 Å². The number of hydrogen-bond acceptors (Lipinski definition) is 3. The number of aldehydes is 1. The van der Waals surface area contributed by atoms with E-state index in [9.17, 15) is 4.79 Å². The minimum atomic E-state index is 0.337. The number of methoxy groups -OCH3 is 1. The van der Waals surface area contributed by atoms with Crippen molar-refractivity contribution in [3.8, 4) is 5.75 Å². The van der Waals surface area contributed by atoms with Crippen molar-refractivity contribution in [2.75, 3.05) is 7.11 Å². The number of carbonyl (C=O) groups is 1. The average molecular weight is 226 g/mol. The second-order valence-electron chi connectivity index (χ2n) is 3.72. The molecule has 1 fully saturated rings. The van der Waals surface area contributed by atoms with E-state index in [0.29, 0.717) is 29.0 Å². The third kappa shape index (κ3) is 1.97. The van der Waals surface area contributed by atoms with E-state index >= 15 is 0 Å². The van der Waals surface area contributed by atoms with Crippen molar-refractivity contribution in [1.82, 2.24) is 4.98 Å². The first-order valence-electron chi connectivity index (χ1n) is 4.90. The van der Waals surface area contributed by atoms with E-state index in [4.69, 9.17) is 16.3 Å². The summed E-state index contributed by atoms with van der Waals surface area (Å²) in [4.78, 5) is 14.7. The lowest BCUT2D eigenvalue weighted by Gasteiger charge is -2.07. The molecule has 1 aromatic rings. The fourth-order valence-corrected chi connectivity index (χ4v) is 2.10. The maximum atomic E-state index is 10.4. The smallest absolute Gasteiger partial charge is 0.159 e. The average Bonchev–Trinajstić information content (AvgIpc) is 2.97. The van der Waals surface area contributed by atoms with Gasteiger partial charge in [0.15, 0.2) is 5.75 Å². The van der Waals surface area contributed by atoms with Gasteiger partial charge in [0, 0.05) is 18.5 Å². The van der Waals surface area contributed by atoms with Crippen LogP contribution in [0.3, 0.4) is 0 Å². The van der Waals surface area contributed by atoms with Crippen molar-refractivity contribution in [3.63, 3.8) is 0 Å². The predicted molar refractivity (Wildman–Crippen MR) is 57.3 cm³/mol. The van der Waals surface area contributed by atoms with Crippen molar-refractivity contribution in [3.05, 3.63) is 23.0 Å². The summed E-state index contributed by atoms with van der Waals surface area (Å²) in [5.41, 5.74) is 0.886. The lowest BCUT2D eigenvalue weighted by molar-refractivity contribution is -0.108. The van der Waals surface area contributed by atoms with Crippen LogP contribution >= 0.6 is 11.6 Å². The highest BCUT2D eigenvalue weighted by Gasteiger charge is 2.41. The summed E-state index contributed by atoms with van der Waals surface area (Å²) >= 11 is 5.99. The molecule has 0 radical (unpaired) electrons. The lowest BCUT2D eigenvalue weighted by atomic mass is 10.1. The molecule has 0 amide bonds. The summed E-state index contributed by atoms with van der Waals surface area (Å²) in [7, 11) is 1.59. The first kappa shape index (κ1) is 10.4. The number of hydrogen-bond donors (Lipinski definition) is 0. The Bertz CT molecular complexity index is 381. The maximum Gasteiger partial charge on any atom is 0.159 e. The molecule has 2 atom stereocenters. The van der Waals surface area contributed by atoms with Gasteiger partial charge in [0.25, 0.3) is 0 Å². The molecule has 0 spiro atoms. The topological polar surface area (TPSA) is 39.2 Å². The summed E-state index contributed by atoms with van der Waals surface area (Å²) in [6.45, 7) is 0. The van der Waals surface area contributed by atoms with Gasteiger partial charge in [0.05, 0.1) is 17.8 Å². The van der Waals surface area contributed by atoms with Crippen LogP contribution in [-0.4, -0.2) is 18.4 Å². The van der Waals surface area contributed by atoms with Gasteiger partial charge in [-0.25, -0.2) is 0 Å². The van der Waals surface area contributed by atoms with Gasteiger partial charge in [0.1, 0.15) is 6.29 Å². The second-order valence-corrected chi connectivity index (χ2v) is 4.12. The summed E-state index contributed by atoms with van der Waals surface area (Å²) in [6, 6.07) is 1.71. The third-order valence-electron chi connectivity index (χ3n) is 2.76. The van der Waals surface area contributed by atoms with Gasteiger partial charge < -0.3 is 9.53 Å². The fraction of sp³-hybridized carbons (Fsp3) is 0.455. The monoisotopic (exact) mass is 225 g/mol. The molecule has 0 aromatic carbocycles. The molecule has 0 N–H and O–H groups in total. The van der Waals surface area contributed by atoms with Crippen LogP contribution in [0, 0.1) is 5.92 Å². The number of carbonyl (C=O) groups excluding carboxylic acids is 1. The van der Waals surface area contributed by atoms with E-state index in [1.165, 1.54) is 0 Å². The molecule has 1 saturated carbocycles. The quantitative estimate of drug-likeness (QED) is 0.739. The van der Waals surface area contributed by atoms with E-state index in [1.807, 2.05) is 0 Å². The van der Waals surface area contributed by atoms with E-state index in [2.05, 4.69) is 4.98 Å². The van der Waals surface area contributed by atoms with Crippen LogP contribution in [0.2, 0.25) is 5.02 Å². The highest BCUT2D eigenvalue weighted by molar-refractivity contribution is 6.32. The third-order valence-corrected chi connectivity index (χ3v) is 3.06. The largest absolute Gasteiger partial charge is 0.493 e. The molecule has 80 valence electrons. The Morgan fingerprint density at radius 3 is 3.20 bits per heavy atom. The summed E-state index contributed by atoms with van der Waals surface area (Å²) in [5, 5.41) is 0.583.